The summed E-state index contributed by atoms with van der Waals surface area (Å²) in [5, 5.41) is 6.05. The summed E-state index contributed by atoms with van der Waals surface area (Å²) >= 11 is 0. The van der Waals surface area contributed by atoms with Crippen LogP contribution in [0.15, 0.2) is 36.5 Å². The SMILES string of the molecule is Cc1ccccc1CNc1nccc(C(=O)NCCC(C)C)n1. The Balaban J connectivity index is 1.94. The van der Waals surface area contributed by atoms with Gasteiger partial charge < -0.3 is 10.6 Å². The minimum atomic E-state index is -0.160. The summed E-state index contributed by atoms with van der Waals surface area (Å²) in [6.07, 6.45) is 2.56. The molecule has 2 N–H and O–H groups in total. The average Bonchev–Trinajstić information content (AvgIpc) is 2.54. The van der Waals surface area contributed by atoms with Crippen molar-refractivity contribution in [1.82, 2.24) is 15.3 Å². The summed E-state index contributed by atoms with van der Waals surface area (Å²) < 4.78 is 0. The zero-order valence-electron chi connectivity index (χ0n) is 14.0. The van der Waals surface area contributed by atoms with Crippen molar-refractivity contribution in [3.05, 3.63) is 53.3 Å². The molecule has 0 aliphatic carbocycles. The second-order valence-corrected chi connectivity index (χ2v) is 5.98. The van der Waals surface area contributed by atoms with Gasteiger partial charge in [0.25, 0.3) is 5.91 Å². The maximum Gasteiger partial charge on any atom is 0.270 e. The van der Waals surface area contributed by atoms with Crippen molar-refractivity contribution in [1.29, 1.82) is 0 Å². The molecule has 0 saturated carbocycles. The second kappa shape index (κ2) is 8.27. The molecule has 5 nitrogen and oxygen atoms in total. The van der Waals surface area contributed by atoms with Gasteiger partial charge in [-0.15, -0.1) is 0 Å². The highest BCUT2D eigenvalue weighted by atomic mass is 16.1. The number of aryl methyl sites for hydroxylation is 1. The molecule has 0 saturated heterocycles. The summed E-state index contributed by atoms with van der Waals surface area (Å²) in [5.74, 6) is 0.865. The second-order valence-electron chi connectivity index (χ2n) is 5.98. The summed E-state index contributed by atoms with van der Waals surface area (Å²) in [6, 6.07) is 9.77. The molecular weight excluding hydrogens is 288 g/mol. The molecule has 1 amide bonds. The molecule has 0 bridgehead atoms. The van der Waals surface area contributed by atoms with E-state index in [9.17, 15) is 4.79 Å². The predicted octanol–water partition coefficient (Wildman–Crippen LogP) is 3.17. The Hall–Kier alpha value is -2.43. The monoisotopic (exact) mass is 312 g/mol. The molecule has 1 heterocycles. The molecule has 0 spiro atoms. The number of anilines is 1. The van der Waals surface area contributed by atoms with Crippen molar-refractivity contribution in [2.75, 3.05) is 11.9 Å². The Bertz CT molecular complexity index is 655. The number of hydrogen-bond acceptors (Lipinski definition) is 4. The fourth-order valence-corrected chi connectivity index (χ4v) is 2.12. The van der Waals surface area contributed by atoms with Crippen molar-refractivity contribution in [2.24, 2.45) is 5.92 Å². The van der Waals surface area contributed by atoms with E-state index in [2.05, 4.69) is 53.5 Å². The molecule has 0 fully saturated rings. The third-order valence-corrected chi connectivity index (χ3v) is 3.59. The molecule has 2 rings (SSSR count). The van der Waals surface area contributed by atoms with E-state index in [-0.39, 0.29) is 5.91 Å². The van der Waals surface area contributed by atoms with E-state index in [0.29, 0.717) is 30.6 Å². The van der Waals surface area contributed by atoms with Crippen LogP contribution in [0.3, 0.4) is 0 Å². The number of nitrogens with zero attached hydrogens (tertiary/aromatic N) is 2. The lowest BCUT2D eigenvalue weighted by atomic mass is 10.1. The lowest BCUT2D eigenvalue weighted by Crippen LogP contribution is -2.26. The average molecular weight is 312 g/mol. The number of amides is 1. The summed E-state index contributed by atoms with van der Waals surface area (Å²) in [5.41, 5.74) is 2.78. The minimum absolute atomic E-state index is 0.160. The molecule has 0 unspecified atom stereocenters. The molecule has 1 aromatic carbocycles. The third-order valence-electron chi connectivity index (χ3n) is 3.59. The molecule has 0 aliphatic heterocycles. The van der Waals surface area contributed by atoms with Crippen LogP contribution >= 0.6 is 0 Å². The molecule has 122 valence electrons. The van der Waals surface area contributed by atoms with Gasteiger partial charge in [-0.1, -0.05) is 38.1 Å². The largest absolute Gasteiger partial charge is 0.351 e. The van der Waals surface area contributed by atoms with Crippen LogP contribution < -0.4 is 10.6 Å². The van der Waals surface area contributed by atoms with Gasteiger partial charge in [0.05, 0.1) is 0 Å². The van der Waals surface area contributed by atoms with Crippen LogP contribution in [-0.4, -0.2) is 22.4 Å². The normalized spacial score (nSPS) is 10.6. The van der Waals surface area contributed by atoms with E-state index >= 15 is 0 Å². The number of hydrogen-bond donors (Lipinski definition) is 2. The topological polar surface area (TPSA) is 66.9 Å². The smallest absolute Gasteiger partial charge is 0.270 e. The number of benzene rings is 1. The maximum absolute atomic E-state index is 12.1. The standard InChI is InChI=1S/C18H24N4O/c1-13(2)8-10-19-17(23)16-9-11-20-18(22-16)21-12-15-7-5-4-6-14(15)3/h4-7,9,11,13H,8,10,12H2,1-3H3,(H,19,23)(H,20,21,22). The number of rotatable bonds is 7. The maximum atomic E-state index is 12.1. The summed E-state index contributed by atoms with van der Waals surface area (Å²) in [4.78, 5) is 20.5. The van der Waals surface area contributed by atoms with E-state index in [0.717, 1.165) is 6.42 Å². The first kappa shape index (κ1) is 16.9. The van der Waals surface area contributed by atoms with Crippen molar-refractivity contribution in [2.45, 2.75) is 33.7 Å². The summed E-state index contributed by atoms with van der Waals surface area (Å²) in [7, 11) is 0. The highest BCUT2D eigenvalue weighted by Gasteiger charge is 2.08. The molecule has 0 aliphatic rings. The van der Waals surface area contributed by atoms with Gasteiger partial charge in [-0.25, -0.2) is 9.97 Å². The Kier molecular flexibility index (Phi) is 6.09. The molecule has 23 heavy (non-hydrogen) atoms. The first-order valence-corrected chi connectivity index (χ1v) is 7.96. The fraction of sp³-hybridized carbons (Fsp3) is 0.389. The van der Waals surface area contributed by atoms with E-state index in [4.69, 9.17) is 0 Å². The van der Waals surface area contributed by atoms with Gasteiger partial charge in [0.1, 0.15) is 5.69 Å². The molecule has 5 heteroatoms. The van der Waals surface area contributed by atoms with Crippen molar-refractivity contribution in [3.63, 3.8) is 0 Å². The number of carbonyl (C=O) groups excluding carboxylic acids is 1. The van der Waals surface area contributed by atoms with Gasteiger partial charge in [-0.05, 0) is 36.5 Å². The van der Waals surface area contributed by atoms with Crippen LogP contribution in [0.25, 0.3) is 0 Å². The zero-order valence-corrected chi connectivity index (χ0v) is 14.0. The van der Waals surface area contributed by atoms with Crippen LogP contribution in [0.2, 0.25) is 0 Å². The van der Waals surface area contributed by atoms with Gasteiger partial charge in [0.15, 0.2) is 0 Å². The van der Waals surface area contributed by atoms with E-state index < -0.39 is 0 Å². The van der Waals surface area contributed by atoms with Gasteiger partial charge in [-0.2, -0.15) is 0 Å². The molecule has 2 aromatic rings. The van der Waals surface area contributed by atoms with Crippen molar-refractivity contribution >= 4 is 11.9 Å². The van der Waals surface area contributed by atoms with Gasteiger partial charge in [0.2, 0.25) is 5.95 Å². The Morgan fingerprint density at radius 1 is 1.22 bits per heavy atom. The highest BCUT2D eigenvalue weighted by molar-refractivity contribution is 5.92. The predicted molar refractivity (Wildman–Crippen MR) is 92.3 cm³/mol. The number of carbonyl (C=O) groups is 1. The zero-order chi connectivity index (χ0) is 16.7. The molecular formula is C18H24N4O. The van der Waals surface area contributed by atoms with Gasteiger partial charge in [0, 0.05) is 19.3 Å². The highest BCUT2D eigenvalue weighted by Crippen LogP contribution is 2.09. The van der Waals surface area contributed by atoms with Crippen LogP contribution in [0.5, 0.6) is 0 Å². The molecule has 0 radical (unpaired) electrons. The first-order valence-electron chi connectivity index (χ1n) is 7.96. The number of nitrogens with one attached hydrogen (secondary N) is 2. The van der Waals surface area contributed by atoms with Gasteiger partial charge in [-0.3, -0.25) is 4.79 Å². The summed E-state index contributed by atoms with van der Waals surface area (Å²) in [6.45, 7) is 7.61. The Morgan fingerprint density at radius 3 is 2.74 bits per heavy atom. The lowest BCUT2D eigenvalue weighted by molar-refractivity contribution is 0.0947. The van der Waals surface area contributed by atoms with E-state index in [1.807, 2.05) is 12.1 Å². The molecule has 0 atom stereocenters. The van der Waals surface area contributed by atoms with Crippen molar-refractivity contribution < 1.29 is 4.79 Å². The third kappa shape index (κ3) is 5.36. The Labute approximate surface area is 137 Å². The van der Waals surface area contributed by atoms with E-state index in [1.165, 1.54) is 11.1 Å². The quantitative estimate of drug-likeness (QED) is 0.824. The molecule has 1 aromatic heterocycles. The lowest BCUT2D eigenvalue weighted by Gasteiger charge is -2.09. The van der Waals surface area contributed by atoms with E-state index in [1.54, 1.807) is 12.3 Å². The van der Waals surface area contributed by atoms with Crippen molar-refractivity contribution in [3.8, 4) is 0 Å². The van der Waals surface area contributed by atoms with Crippen LogP contribution in [-0.2, 0) is 6.54 Å². The van der Waals surface area contributed by atoms with Crippen LogP contribution in [0, 0.1) is 12.8 Å². The minimum Gasteiger partial charge on any atom is -0.351 e. The van der Waals surface area contributed by atoms with Crippen LogP contribution in [0.4, 0.5) is 5.95 Å². The Morgan fingerprint density at radius 2 is 2.00 bits per heavy atom. The van der Waals surface area contributed by atoms with Gasteiger partial charge >= 0.3 is 0 Å². The first-order chi connectivity index (χ1) is 11.1. The van der Waals surface area contributed by atoms with Crippen LogP contribution in [0.1, 0.15) is 41.9 Å². The fourth-order valence-electron chi connectivity index (χ4n) is 2.12. The number of aromatic nitrogens is 2.